The van der Waals surface area contributed by atoms with E-state index in [2.05, 4.69) is 0 Å². The van der Waals surface area contributed by atoms with Gasteiger partial charge in [0.15, 0.2) is 5.78 Å². The van der Waals surface area contributed by atoms with Crippen molar-refractivity contribution >= 4 is 5.78 Å². The standard InChI is InChI=1S/C14H17F3O2/c1-3-9-19-13(12(18)4-2)10-7-5-6-8-11(10)14(15,16)17/h5-8,13H,3-4,9H2,1-2H3. The smallest absolute Gasteiger partial charge is 0.366 e. The molecule has 0 spiro atoms. The lowest BCUT2D eigenvalue weighted by molar-refractivity contribution is -0.141. The van der Waals surface area contributed by atoms with Crippen molar-refractivity contribution in [1.29, 1.82) is 0 Å². The summed E-state index contributed by atoms with van der Waals surface area (Å²) in [5.74, 6) is -0.342. The largest absolute Gasteiger partial charge is 0.416 e. The summed E-state index contributed by atoms with van der Waals surface area (Å²) in [6.45, 7) is 3.70. The third kappa shape index (κ3) is 4.06. The molecule has 106 valence electrons. The van der Waals surface area contributed by atoms with Gasteiger partial charge in [-0.25, -0.2) is 0 Å². The number of rotatable bonds is 6. The number of hydrogen-bond donors (Lipinski definition) is 0. The van der Waals surface area contributed by atoms with Gasteiger partial charge in [-0.15, -0.1) is 0 Å². The first-order valence-corrected chi connectivity index (χ1v) is 6.22. The summed E-state index contributed by atoms with van der Waals surface area (Å²) >= 11 is 0. The van der Waals surface area contributed by atoms with Gasteiger partial charge in [-0.3, -0.25) is 4.79 Å². The van der Waals surface area contributed by atoms with Crippen molar-refractivity contribution in [1.82, 2.24) is 0 Å². The highest BCUT2D eigenvalue weighted by molar-refractivity contribution is 5.84. The van der Waals surface area contributed by atoms with E-state index in [0.717, 1.165) is 6.07 Å². The van der Waals surface area contributed by atoms with Crippen molar-refractivity contribution in [3.05, 3.63) is 35.4 Å². The highest BCUT2D eigenvalue weighted by atomic mass is 19.4. The normalized spacial score (nSPS) is 13.3. The van der Waals surface area contributed by atoms with Crippen molar-refractivity contribution in [2.24, 2.45) is 0 Å². The molecule has 0 aliphatic rings. The van der Waals surface area contributed by atoms with Gasteiger partial charge in [0, 0.05) is 18.6 Å². The molecule has 5 heteroatoms. The second-order valence-electron chi connectivity index (χ2n) is 4.16. The Morgan fingerprint density at radius 2 is 1.89 bits per heavy atom. The van der Waals surface area contributed by atoms with Gasteiger partial charge in [-0.05, 0) is 12.5 Å². The molecule has 0 N–H and O–H groups in total. The molecule has 1 rings (SSSR count). The molecule has 0 aliphatic heterocycles. The molecule has 1 atom stereocenters. The average Bonchev–Trinajstić information content (AvgIpc) is 2.38. The molecular weight excluding hydrogens is 257 g/mol. The Morgan fingerprint density at radius 1 is 1.26 bits per heavy atom. The second kappa shape index (κ2) is 6.70. The molecule has 0 heterocycles. The van der Waals surface area contributed by atoms with E-state index in [1.165, 1.54) is 18.2 Å². The molecule has 0 saturated heterocycles. The molecule has 0 aliphatic carbocycles. The first kappa shape index (κ1) is 15.7. The number of carbonyl (C=O) groups is 1. The van der Waals surface area contributed by atoms with Crippen LogP contribution >= 0.6 is 0 Å². The summed E-state index contributed by atoms with van der Waals surface area (Å²) < 4.78 is 44.1. The first-order chi connectivity index (χ1) is 8.91. The predicted octanol–water partition coefficient (Wildman–Crippen LogP) is 4.15. The maximum absolute atomic E-state index is 12.9. The lowest BCUT2D eigenvalue weighted by Crippen LogP contribution is -2.20. The molecule has 0 amide bonds. The zero-order valence-corrected chi connectivity index (χ0v) is 11.0. The van der Waals surface area contributed by atoms with Crippen LogP contribution in [0, 0.1) is 0 Å². The van der Waals surface area contributed by atoms with Crippen molar-refractivity contribution < 1.29 is 22.7 Å². The lowest BCUT2D eigenvalue weighted by Gasteiger charge is -2.20. The average molecular weight is 274 g/mol. The minimum absolute atomic E-state index is 0.102. The highest BCUT2D eigenvalue weighted by Gasteiger charge is 2.36. The van der Waals surface area contributed by atoms with Crippen LogP contribution in [0.1, 0.15) is 43.9 Å². The van der Waals surface area contributed by atoms with Crippen LogP contribution in [0.2, 0.25) is 0 Å². The van der Waals surface area contributed by atoms with E-state index in [9.17, 15) is 18.0 Å². The minimum Gasteiger partial charge on any atom is -0.366 e. The quantitative estimate of drug-likeness (QED) is 0.778. The number of ketones is 1. The summed E-state index contributed by atoms with van der Waals surface area (Å²) in [6.07, 6.45) is -4.84. The van der Waals surface area contributed by atoms with E-state index in [0.29, 0.717) is 6.42 Å². The number of halogens is 3. The van der Waals surface area contributed by atoms with Crippen LogP contribution in [0.4, 0.5) is 13.2 Å². The number of ether oxygens (including phenoxy) is 1. The fourth-order valence-corrected chi connectivity index (χ4v) is 1.76. The predicted molar refractivity (Wildman–Crippen MR) is 65.7 cm³/mol. The Balaban J connectivity index is 3.18. The van der Waals surface area contributed by atoms with Gasteiger partial charge in [-0.1, -0.05) is 32.0 Å². The zero-order valence-electron chi connectivity index (χ0n) is 11.0. The van der Waals surface area contributed by atoms with E-state index < -0.39 is 17.8 Å². The van der Waals surface area contributed by atoms with Crippen LogP contribution in [-0.4, -0.2) is 12.4 Å². The van der Waals surface area contributed by atoms with E-state index in [1.807, 2.05) is 6.92 Å². The van der Waals surface area contributed by atoms with Gasteiger partial charge in [0.25, 0.3) is 0 Å². The number of benzene rings is 1. The van der Waals surface area contributed by atoms with Crippen LogP contribution in [-0.2, 0) is 15.7 Å². The van der Waals surface area contributed by atoms with Gasteiger partial charge in [0.05, 0.1) is 5.56 Å². The van der Waals surface area contributed by atoms with Crippen LogP contribution in [0.25, 0.3) is 0 Å². The Morgan fingerprint density at radius 3 is 2.42 bits per heavy atom. The molecule has 0 radical (unpaired) electrons. The van der Waals surface area contributed by atoms with Gasteiger partial charge in [0.1, 0.15) is 6.10 Å². The topological polar surface area (TPSA) is 26.3 Å². The molecule has 0 saturated carbocycles. The number of hydrogen-bond acceptors (Lipinski definition) is 2. The van der Waals surface area contributed by atoms with E-state index >= 15 is 0 Å². The fraction of sp³-hybridized carbons (Fsp3) is 0.500. The molecule has 2 nitrogen and oxygen atoms in total. The number of carbonyl (C=O) groups excluding carboxylic acids is 1. The van der Waals surface area contributed by atoms with Crippen molar-refractivity contribution in [3.63, 3.8) is 0 Å². The van der Waals surface area contributed by atoms with Gasteiger partial charge in [-0.2, -0.15) is 13.2 Å². The van der Waals surface area contributed by atoms with Crippen molar-refractivity contribution in [2.75, 3.05) is 6.61 Å². The third-order valence-electron chi connectivity index (χ3n) is 2.68. The second-order valence-corrected chi connectivity index (χ2v) is 4.16. The summed E-state index contributed by atoms with van der Waals surface area (Å²) in [4.78, 5) is 11.8. The SMILES string of the molecule is CCCOC(C(=O)CC)c1ccccc1C(F)(F)F. The van der Waals surface area contributed by atoms with Gasteiger partial charge < -0.3 is 4.74 Å². The van der Waals surface area contributed by atoms with E-state index in [-0.39, 0.29) is 24.4 Å². The Hall–Kier alpha value is -1.36. The Kier molecular flexibility index (Phi) is 5.54. The first-order valence-electron chi connectivity index (χ1n) is 6.22. The number of Topliss-reactive ketones (excluding diaryl/α,β-unsaturated/α-hetero) is 1. The van der Waals surface area contributed by atoms with Crippen LogP contribution in [0.3, 0.4) is 0 Å². The molecule has 0 aromatic heterocycles. The molecule has 1 aromatic carbocycles. The van der Waals surface area contributed by atoms with E-state index in [1.54, 1.807) is 6.92 Å². The minimum atomic E-state index is -4.49. The fourth-order valence-electron chi connectivity index (χ4n) is 1.76. The number of alkyl halides is 3. The monoisotopic (exact) mass is 274 g/mol. The molecule has 19 heavy (non-hydrogen) atoms. The zero-order chi connectivity index (χ0) is 14.5. The summed E-state index contributed by atoms with van der Waals surface area (Å²) in [5.41, 5.74) is -0.909. The Bertz CT molecular complexity index is 427. The molecular formula is C14H17F3O2. The maximum Gasteiger partial charge on any atom is 0.416 e. The van der Waals surface area contributed by atoms with Crippen LogP contribution in [0.5, 0.6) is 0 Å². The summed E-state index contributed by atoms with van der Waals surface area (Å²) in [6, 6.07) is 5.06. The maximum atomic E-state index is 12.9. The molecule has 0 bridgehead atoms. The third-order valence-corrected chi connectivity index (χ3v) is 2.68. The van der Waals surface area contributed by atoms with Crippen molar-refractivity contribution in [2.45, 2.75) is 39.0 Å². The molecule has 1 aromatic rings. The highest BCUT2D eigenvalue weighted by Crippen LogP contribution is 2.36. The van der Waals surface area contributed by atoms with Crippen LogP contribution in [0.15, 0.2) is 24.3 Å². The molecule has 0 fully saturated rings. The summed E-state index contributed by atoms with van der Waals surface area (Å²) in [5, 5.41) is 0. The van der Waals surface area contributed by atoms with Gasteiger partial charge >= 0.3 is 6.18 Å². The van der Waals surface area contributed by atoms with E-state index in [4.69, 9.17) is 4.74 Å². The Labute approximate surface area is 110 Å². The van der Waals surface area contributed by atoms with Gasteiger partial charge in [0.2, 0.25) is 0 Å². The van der Waals surface area contributed by atoms with Crippen LogP contribution < -0.4 is 0 Å². The summed E-state index contributed by atoms with van der Waals surface area (Å²) in [7, 11) is 0. The molecule has 1 unspecified atom stereocenters. The van der Waals surface area contributed by atoms with Crippen molar-refractivity contribution in [3.8, 4) is 0 Å². The lowest BCUT2D eigenvalue weighted by atomic mass is 9.98.